The highest BCUT2D eigenvalue weighted by Gasteiger charge is 2.34. The van der Waals surface area contributed by atoms with Crippen LogP contribution in [-0.4, -0.2) is 29.8 Å². The molecule has 4 heterocycles. The topological polar surface area (TPSA) is 72.6 Å². The number of nitrogens with two attached hydrogens (primary N) is 1. The maximum absolute atomic E-state index is 12.6. The zero-order chi connectivity index (χ0) is 17.7. The molecule has 26 heavy (non-hydrogen) atoms. The molecule has 0 saturated carbocycles. The second kappa shape index (κ2) is 6.02. The highest BCUT2D eigenvalue weighted by atomic mass is 16.3. The fourth-order valence-electron chi connectivity index (χ4n) is 4.73. The van der Waals surface area contributed by atoms with Gasteiger partial charge in [-0.25, -0.2) is 0 Å². The van der Waals surface area contributed by atoms with E-state index in [0.29, 0.717) is 29.2 Å². The fraction of sp³-hybridized carbons (Fsp3) is 0.381. The molecule has 2 N–H and O–H groups in total. The van der Waals surface area contributed by atoms with E-state index in [1.165, 1.54) is 25.6 Å². The monoisotopic (exact) mass is 350 g/mol. The standard InChI is InChI=1S/C21H22N2O3/c22-21-19(13-7-9-23-8-1-3-15(23)11-13)16-12-14(5-6-17(16)26-21)20(24)18-4-2-10-25-18/h2,4-6,10,12-13,15H,1,3,7-9,11,22H2. The number of carbonyl (C=O) groups excluding carboxylic acids is 1. The van der Waals surface area contributed by atoms with Crippen molar-refractivity contribution >= 4 is 22.6 Å². The zero-order valence-electron chi connectivity index (χ0n) is 14.6. The number of hydrogen-bond acceptors (Lipinski definition) is 5. The number of anilines is 1. The summed E-state index contributed by atoms with van der Waals surface area (Å²) in [5, 5.41) is 0.969. The van der Waals surface area contributed by atoms with Crippen molar-refractivity contribution in [1.29, 1.82) is 0 Å². The Bertz CT molecular complexity index is 957. The van der Waals surface area contributed by atoms with E-state index in [1.54, 1.807) is 18.2 Å². The van der Waals surface area contributed by atoms with Crippen LogP contribution in [0.25, 0.3) is 11.0 Å². The molecule has 5 nitrogen and oxygen atoms in total. The number of hydrogen-bond donors (Lipinski definition) is 1. The van der Waals surface area contributed by atoms with Crippen LogP contribution in [0.1, 0.15) is 53.3 Å². The predicted octanol–water partition coefficient (Wildman–Crippen LogP) is 4.18. The van der Waals surface area contributed by atoms with Crippen molar-refractivity contribution in [3.63, 3.8) is 0 Å². The van der Waals surface area contributed by atoms with E-state index in [-0.39, 0.29) is 5.78 Å². The van der Waals surface area contributed by atoms with Gasteiger partial charge in [-0.15, -0.1) is 0 Å². The van der Waals surface area contributed by atoms with E-state index >= 15 is 0 Å². The molecule has 1 aromatic carbocycles. The van der Waals surface area contributed by atoms with E-state index < -0.39 is 0 Å². The first-order valence-corrected chi connectivity index (χ1v) is 9.35. The van der Waals surface area contributed by atoms with Gasteiger partial charge in [-0.2, -0.15) is 0 Å². The summed E-state index contributed by atoms with van der Waals surface area (Å²) in [5.41, 5.74) is 8.70. The lowest BCUT2D eigenvalue weighted by Gasteiger charge is -2.34. The van der Waals surface area contributed by atoms with E-state index in [2.05, 4.69) is 4.90 Å². The number of benzene rings is 1. The third-order valence-electron chi connectivity index (χ3n) is 5.99. The van der Waals surface area contributed by atoms with Crippen molar-refractivity contribution < 1.29 is 13.6 Å². The van der Waals surface area contributed by atoms with Crippen LogP contribution in [0, 0.1) is 0 Å². The van der Waals surface area contributed by atoms with Gasteiger partial charge in [0.05, 0.1) is 6.26 Å². The minimum atomic E-state index is -0.117. The van der Waals surface area contributed by atoms with Gasteiger partial charge in [-0.3, -0.25) is 4.79 Å². The third kappa shape index (κ3) is 2.46. The van der Waals surface area contributed by atoms with Crippen LogP contribution >= 0.6 is 0 Å². The van der Waals surface area contributed by atoms with Crippen LogP contribution in [0.4, 0.5) is 5.88 Å². The number of furan rings is 2. The molecular formula is C21H22N2O3. The van der Waals surface area contributed by atoms with Gasteiger partial charge in [0.2, 0.25) is 5.78 Å². The summed E-state index contributed by atoms with van der Waals surface area (Å²) < 4.78 is 11.1. The van der Waals surface area contributed by atoms with Gasteiger partial charge in [-0.1, -0.05) is 0 Å². The Hall–Kier alpha value is -2.53. The molecule has 2 aromatic heterocycles. The summed E-state index contributed by atoms with van der Waals surface area (Å²) in [5.74, 6) is 1.12. The Labute approximate surface area is 151 Å². The Kier molecular flexibility index (Phi) is 3.64. The number of fused-ring (bicyclic) bond motifs is 2. The number of piperidine rings is 1. The minimum Gasteiger partial charge on any atom is -0.461 e. The van der Waals surface area contributed by atoms with Crippen molar-refractivity contribution in [1.82, 2.24) is 4.90 Å². The number of carbonyl (C=O) groups is 1. The average molecular weight is 350 g/mol. The molecule has 2 aliphatic heterocycles. The predicted molar refractivity (Wildman–Crippen MR) is 99.3 cm³/mol. The number of nitrogens with zero attached hydrogens (tertiary/aromatic N) is 1. The van der Waals surface area contributed by atoms with Gasteiger partial charge in [0.15, 0.2) is 11.6 Å². The van der Waals surface area contributed by atoms with Crippen LogP contribution in [0.3, 0.4) is 0 Å². The Morgan fingerprint density at radius 2 is 2.12 bits per heavy atom. The summed E-state index contributed by atoms with van der Waals surface area (Å²) in [6.45, 7) is 2.34. The van der Waals surface area contributed by atoms with Gasteiger partial charge in [-0.05, 0) is 75.0 Å². The first-order chi connectivity index (χ1) is 12.7. The number of rotatable bonds is 3. The maximum atomic E-state index is 12.6. The van der Waals surface area contributed by atoms with Gasteiger partial charge >= 0.3 is 0 Å². The summed E-state index contributed by atoms with van der Waals surface area (Å²) in [4.78, 5) is 15.2. The molecule has 0 radical (unpaired) electrons. The van der Waals surface area contributed by atoms with Crippen LogP contribution in [0.5, 0.6) is 0 Å². The summed E-state index contributed by atoms with van der Waals surface area (Å²) in [7, 11) is 0. The lowest BCUT2D eigenvalue weighted by Crippen LogP contribution is -2.37. The largest absolute Gasteiger partial charge is 0.461 e. The van der Waals surface area contributed by atoms with Crippen LogP contribution in [-0.2, 0) is 0 Å². The lowest BCUT2D eigenvalue weighted by atomic mass is 9.84. The van der Waals surface area contributed by atoms with E-state index in [9.17, 15) is 4.79 Å². The Morgan fingerprint density at radius 1 is 1.19 bits per heavy atom. The first kappa shape index (κ1) is 15.7. The van der Waals surface area contributed by atoms with Crippen LogP contribution < -0.4 is 5.73 Å². The van der Waals surface area contributed by atoms with Gasteiger partial charge in [0, 0.05) is 22.6 Å². The average Bonchev–Trinajstić information content (AvgIpc) is 3.38. The van der Waals surface area contributed by atoms with E-state index in [4.69, 9.17) is 14.6 Å². The van der Waals surface area contributed by atoms with Crippen molar-refractivity contribution in [3.05, 3.63) is 53.5 Å². The van der Waals surface area contributed by atoms with Gasteiger partial charge < -0.3 is 19.5 Å². The van der Waals surface area contributed by atoms with Crippen molar-refractivity contribution in [3.8, 4) is 0 Å². The minimum absolute atomic E-state index is 0.117. The molecule has 2 aliphatic rings. The second-order valence-electron chi connectivity index (χ2n) is 7.45. The highest BCUT2D eigenvalue weighted by Crippen LogP contribution is 2.42. The molecular weight excluding hydrogens is 328 g/mol. The SMILES string of the molecule is Nc1oc2ccc(C(=O)c3ccco3)cc2c1C1CCN2CCCC2C1. The van der Waals surface area contributed by atoms with Gasteiger partial charge in [0.25, 0.3) is 0 Å². The molecule has 0 bridgehead atoms. The van der Waals surface area contributed by atoms with Crippen LogP contribution in [0.2, 0.25) is 0 Å². The molecule has 2 unspecified atom stereocenters. The quantitative estimate of drug-likeness (QED) is 0.717. The summed E-state index contributed by atoms with van der Waals surface area (Å²) in [6, 6.07) is 9.60. The number of ketones is 1. The fourth-order valence-corrected chi connectivity index (χ4v) is 4.73. The lowest BCUT2D eigenvalue weighted by molar-refractivity contribution is 0.101. The summed E-state index contributed by atoms with van der Waals surface area (Å²) >= 11 is 0. The smallest absolute Gasteiger partial charge is 0.228 e. The van der Waals surface area contributed by atoms with E-state index in [1.807, 2.05) is 12.1 Å². The molecule has 5 rings (SSSR count). The normalized spacial score (nSPS) is 23.4. The molecule has 0 aliphatic carbocycles. The molecule has 0 spiro atoms. The van der Waals surface area contributed by atoms with E-state index in [0.717, 1.165) is 35.9 Å². The number of nitrogen functional groups attached to an aromatic ring is 1. The second-order valence-corrected chi connectivity index (χ2v) is 7.45. The summed E-state index contributed by atoms with van der Waals surface area (Å²) in [6.07, 6.45) is 6.29. The molecule has 5 heteroatoms. The zero-order valence-corrected chi connectivity index (χ0v) is 14.6. The highest BCUT2D eigenvalue weighted by molar-refractivity contribution is 6.09. The van der Waals surface area contributed by atoms with Crippen LogP contribution in [0.15, 0.2) is 45.4 Å². The molecule has 2 fully saturated rings. The molecule has 3 aromatic rings. The first-order valence-electron chi connectivity index (χ1n) is 9.35. The molecule has 134 valence electrons. The third-order valence-corrected chi connectivity index (χ3v) is 5.99. The molecule has 0 amide bonds. The maximum Gasteiger partial charge on any atom is 0.228 e. The Morgan fingerprint density at radius 3 is 2.96 bits per heavy atom. The van der Waals surface area contributed by atoms with Crippen molar-refractivity contribution in [2.24, 2.45) is 0 Å². The van der Waals surface area contributed by atoms with Crippen molar-refractivity contribution in [2.75, 3.05) is 18.8 Å². The van der Waals surface area contributed by atoms with Crippen molar-refractivity contribution in [2.45, 2.75) is 37.6 Å². The van der Waals surface area contributed by atoms with Gasteiger partial charge in [0.1, 0.15) is 5.58 Å². The molecule has 2 atom stereocenters. The Balaban J connectivity index is 1.53. The molecule has 2 saturated heterocycles.